The van der Waals surface area contributed by atoms with Gasteiger partial charge in [-0.15, -0.1) is 6.42 Å². The van der Waals surface area contributed by atoms with Gasteiger partial charge in [0.15, 0.2) is 4.80 Å². The first-order valence-electron chi connectivity index (χ1n) is 12.0. The molecule has 2 heterocycles. The van der Waals surface area contributed by atoms with Gasteiger partial charge in [-0.25, -0.2) is 14.2 Å². The Labute approximate surface area is 222 Å². The summed E-state index contributed by atoms with van der Waals surface area (Å²) in [5, 5.41) is 1.87. The number of allylic oxidation sites excluding steroid dienone is 1. The van der Waals surface area contributed by atoms with Gasteiger partial charge in [0, 0.05) is 5.56 Å². The number of benzene rings is 3. The predicted molar refractivity (Wildman–Crippen MR) is 145 cm³/mol. The molecule has 190 valence electrons. The van der Waals surface area contributed by atoms with Crippen LogP contribution < -0.4 is 19.6 Å². The molecular formula is C30H23FN2O4S. The van der Waals surface area contributed by atoms with Gasteiger partial charge >= 0.3 is 5.97 Å². The molecule has 0 spiro atoms. The maximum atomic E-state index is 13.9. The first kappa shape index (κ1) is 25.2. The quantitative estimate of drug-likeness (QED) is 0.280. The number of carbonyl (C=O) groups excluding carboxylic acids is 1. The summed E-state index contributed by atoms with van der Waals surface area (Å²) in [4.78, 5) is 31.9. The van der Waals surface area contributed by atoms with E-state index in [1.807, 2.05) is 36.4 Å². The monoisotopic (exact) mass is 526 g/mol. The van der Waals surface area contributed by atoms with Gasteiger partial charge < -0.3 is 9.47 Å². The minimum atomic E-state index is -0.822. The predicted octanol–water partition coefficient (Wildman–Crippen LogP) is 4.10. The normalized spacial score (nSPS) is 15.1. The molecular weight excluding hydrogens is 503 g/mol. The Morgan fingerprint density at radius 2 is 1.95 bits per heavy atom. The highest BCUT2D eigenvalue weighted by atomic mass is 32.1. The van der Waals surface area contributed by atoms with Crippen LogP contribution in [0.15, 0.2) is 81.7 Å². The summed E-state index contributed by atoms with van der Waals surface area (Å²) in [5.41, 5.74) is 1.62. The minimum absolute atomic E-state index is 0.0765. The lowest BCUT2D eigenvalue weighted by Gasteiger charge is -2.24. The summed E-state index contributed by atoms with van der Waals surface area (Å²) < 4.78 is 26.7. The molecule has 1 atom stereocenters. The number of fused-ring (bicyclic) bond motifs is 2. The summed E-state index contributed by atoms with van der Waals surface area (Å²) in [5.74, 6) is 2.03. The van der Waals surface area contributed by atoms with E-state index in [1.54, 1.807) is 32.1 Å². The van der Waals surface area contributed by atoms with Crippen LogP contribution >= 0.6 is 11.3 Å². The molecule has 0 saturated heterocycles. The Morgan fingerprint density at radius 3 is 2.68 bits per heavy atom. The van der Waals surface area contributed by atoms with Gasteiger partial charge in [-0.05, 0) is 54.5 Å². The van der Waals surface area contributed by atoms with Crippen LogP contribution in [0.1, 0.15) is 31.0 Å². The third-order valence-electron chi connectivity index (χ3n) is 6.22. The maximum absolute atomic E-state index is 13.9. The van der Waals surface area contributed by atoms with E-state index in [4.69, 9.17) is 15.9 Å². The van der Waals surface area contributed by atoms with Gasteiger partial charge in [0.05, 0.1) is 28.5 Å². The highest BCUT2D eigenvalue weighted by Crippen LogP contribution is 2.31. The van der Waals surface area contributed by atoms with Crippen molar-refractivity contribution < 1.29 is 18.7 Å². The number of carbonyl (C=O) groups is 1. The highest BCUT2D eigenvalue weighted by molar-refractivity contribution is 7.07. The summed E-state index contributed by atoms with van der Waals surface area (Å²) in [6.45, 7) is 3.65. The van der Waals surface area contributed by atoms with Crippen LogP contribution in [-0.2, 0) is 9.53 Å². The van der Waals surface area contributed by atoms with E-state index in [9.17, 15) is 14.0 Å². The molecule has 0 fully saturated rings. The standard InChI is InChI=1S/C30H23FN2O4S/c1-4-16-37-24-15-12-19-8-6-7-9-22(19)23(24)17-25-28(34)33-27(20-10-13-21(31)14-11-20)26(29(35)36-5-2)18(3)32-30(33)38-25/h1,6-15,17,27H,5,16H2,2-3H3/b25-17+/t27-/m0/s1. The molecule has 8 heteroatoms. The minimum Gasteiger partial charge on any atom is -0.480 e. The molecule has 6 nitrogen and oxygen atoms in total. The van der Waals surface area contributed by atoms with Crippen molar-refractivity contribution in [2.45, 2.75) is 19.9 Å². The molecule has 0 aliphatic carbocycles. The van der Waals surface area contributed by atoms with Crippen LogP contribution in [0.25, 0.3) is 16.8 Å². The Balaban J connectivity index is 1.77. The fourth-order valence-electron chi connectivity index (χ4n) is 4.55. The van der Waals surface area contributed by atoms with Gasteiger partial charge in [0.2, 0.25) is 0 Å². The Morgan fingerprint density at radius 1 is 1.18 bits per heavy atom. The first-order chi connectivity index (χ1) is 18.4. The topological polar surface area (TPSA) is 69.9 Å². The van der Waals surface area contributed by atoms with E-state index in [-0.39, 0.29) is 24.3 Å². The van der Waals surface area contributed by atoms with E-state index in [2.05, 4.69) is 10.9 Å². The molecule has 0 amide bonds. The summed E-state index contributed by atoms with van der Waals surface area (Å²) in [7, 11) is 0. The second-order valence-corrected chi connectivity index (χ2v) is 9.55. The van der Waals surface area contributed by atoms with Crippen molar-refractivity contribution >= 4 is 34.2 Å². The second-order valence-electron chi connectivity index (χ2n) is 8.55. The van der Waals surface area contributed by atoms with E-state index in [1.165, 1.54) is 28.0 Å². The zero-order valence-corrected chi connectivity index (χ0v) is 21.5. The number of hydrogen-bond donors (Lipinski definition) is 0. The van der Waals surface area contributed by atoms with E-state index < -0.39 is 17.8 Å². The number of terminal acetylenes is 1. The summed E-state index contributed by atoms with van der Waals surface area (Å²) >= 11 is 1.20. The molecule has 0 bridgehead atoms. The molecule has 38 heavy (non-hydrogen) atoms. The van der Waals surface area contributed by atoms with Crippen molar-refractivity contribution in [1.29, 1.82) is 0 Å². The van der Waals surface area contributed by atoms with E-state index >= 15 is 0 Å². The molecule has 4 aromatic rings. The van der Waals surface area contributed by atoms with Crippen LogP contribution in [0, 0.1) is 18.2 Å². The Bertz CT molecular complexity index is 1810. The Kier molecular flexibility index (Phi) is 6.95. The average Bonchev–Trinajstić information content (AvgIpc) is 3.22. The number of aromatic nitrogens is 1. The molecule has 0 saturated carbocycles. The average molecular weight is 527 g/mol. The van der Waals surface area contributed by atoms with Gasteiger partial charge in [-0.1, -0.05) is 59.7 Å². The molecule has 3 aromatic carbocycles. The van der Waals surface area contributed by atoms with Gasteiger partial charge in [0.25, 0.3) is 5.56 Å². The lowest BCUT2D eigenvalue weighted by molar-refractivity contribution is -0.139. The molecule has 1 aliphatic rings. The van der Waals surface area contributed by atoms with Gasteiger partial charge in [-0.2, -0.15) is 0 Å². The van der Waals surface area contributed by atoms with Crippen LogP contribution in [-0.4, -0.2) is 23.8 Å². The summed E-state index contributed by atoms with van der Waals surface area (Å²) in [6, 6.07) is 16.4. The third kappa shape index (κ3) is 4.53. The van der Waals surface area contributed by atoms with Crippen molar-refractivity contribution in [2.75, 3.05) is 13.2 Å². The maximum Gasteiger partial charge on any atom is 0.338 e. The van der Waals surface area contributed by atoms with E-state index in [0.717, 1.165) is 10.8 Å². The van der Waals surface area contributed by atoms with Gasteiger partial charge in [0.1, 0.15) is 18.2 Å². The van der Waals surface area contributed by atoms with Crippen molar-refractivity contribution in [2.24, 2.45) is 4.99 Å². The Hall–Kier alpha value is -4.48. The molecule has 0 radical (unpaired) electrons. The van der Waals surface area contributed by atoms with Crippen LogP contribution in [0.4, 0.5) is 4.39 Å². The number of nitrogens with zero attached hydrogens (tertiary/aromatic N) is 2. The number of esters is 1. The highest BCUT2D eigenvalue weighted by Gasteiger charge is 2.33. The van der Waals surface area contributed by atoms with Gasteiger partial charge in [-0.3, -0.25) is 9.36 Å². The number of thiazole rings is 1. The van der Waals surface area contributed by atoms with E-state index in [0.29, 0.717) is 31.9 Å². The number of hydrogen-bond acceptors (Lipinski definition) is 6. The third-order valence-corrected chi connectivity index (χ3v) is 7.20. The van der Waals surface area contributed by atoms with Crippen LogP contribution in [0.3, 0.4) is 0 Å². The smallest absolute Gasteiger partial charge is 0.338 e. The lowest BCUT2D eigenvalue weighted by Crippen LogP contribution is -2.39. The number of halogens is 1. The van der Waals surface area contributed by atoms with Crippen molar-refractivity contribution in [3.05, 3.63) is 109 Å². The second kappa shape index (κ2) is 10.5. The zero-order valence-electron chi connectivity index (χ0n) is 20.7. The summed E-state index contributed by atoms with van der Waals surface area (Å²) in [6.07, 6.45) is 7.19. The lowest BCUT2D eigenvalue weighted by atomic mass is 9.96. The fraction of sp³-hybridized carbons (Fsp3) is 0.167. The molecule has 1 aliphatic heterocycles. The zero-order chi connectivity index (χ0) is 26.8. The SMILES string of the molecule is C#CCOc1ccc2ccccc2c1/C=c1/sc2n(c1=O)[C@@H](c1ccc(F)cc1)C(C(=O)OCC)=C(C)N=2. The van der Waals surface area contributed by atoms with Crippen LogP contribution in [0.2, 0.25) is 0 Å². The van der Waals surface area contributed by atoms with Crippen molar-refractivity contribution in [1.82, 2.24) is 4.57 Å². The fourth-order valence-corrected chi connectivity index (χ4v) is 5.58. The molecule has 0 unspecified atom stereocenters. The van der Waals surface area contributed by atoms with Crippen LogP contribution in [0.5, 0.6) is 5.75 Å². The molecule has 1 aromatic heterocycles. The number of rotatable bonds is 6. The molecule has 0 N–H and O–H groups in total. The van der Waals surface area contributed by atoms with Crippen molar-refractivity contribution in [3.8, 4) is 18.1 Å². The first-order valence-corrected chi connectivity index (χ1v) is 12.8. The molecule has 5 rings (SSSR count). The number of ether oxygens (including phenoxy) is 2. The largest absolute Gasteiger partial charge is 0.480 e. The van der Waals surface area contributed by atoms with Crippen molar-refractivity contribution in [3.63, 3.8) is 0 Å².